The number of amides is 1. The number of rotatable bonds is 3. The van der Waals surface area contributed by atoms with Crippen molar-refractivity contribution in [3.05, 3.63) is 46.0 Å². The molecule has 1 saturated heterocycles. The third kappa shape index (κ3) is 2.77. The second-order valence-electron chi connectivity index (χ2n) is 4.14. The number of hydrogen-bond donors (Lipinski definition) is 0. The highest BCUT2D eigenvalue weighted by atomic mass is 16.6. The molecule has 1 aromatic carbocycles. The molecule has 1 atom stereocenters. The molecule has 0 bridgehead atoms. The van der Waals surface area contributed by atoms with Crippen LogP contribution in [0.1, 0.15) is 18.4 Å². The molecule has 1 amide bonds. The molecule has 0 aromatic heterocycles. The topological polar surface area (TPSA) is 72.7 Å². The van der Waals surface area contributed by atoms with Crippen LogP contribution in [0.5, 0.6) is 0 Å². The Morgan fingerprint density at radius 1 is 1.44 bits per heavy atom. The largest absolute Gasteiger partial charge is 0.444 e. The van der Waals surface area contributed by atoms with Crippen LogP contribution in [0.15, 0.2) is 30.3 Å². The van der Waals surface area contributed by atoms with Gasteiger partial charge in [-0.25, -0.2) is 9.69 Å². The monoisotopic (exact) mass is 250 g/mol. The van der Waals surface area contributed by atoms with Crippen LogP contribution in [-0.4, -0.2) is 28.6 Å². The van der Waals surface area contributed by atoms with Gasteiger partial charge >= 0.3 is 6.09 Å². The van der Waals surface area contributed by atoms with Crippen LogP contribution in [0.2, 0.25) is 0 Å². The third-order valence-electron chi connectivity index (χ3n) is 2.90. The highest BCUT2D eigenvalue weighted by Gasteiger charge is 2.38. The Kier molecular flexibility index (Phi) is 3.76. The number of carbonyl (C=O) groups is 1. The number of likely N-dealkylation sites (tertiary alicyclic amines) is 1. The molecule has 6 heteroatoms. The van der Waals surface area contributed by atoms with E-state index >= 15 is 0 Å². The summed E-state index contributed by atoms with van der Waals surface area (Å²) in [6.45, 7) is 0.528. The Morgan fingerprint density at radius 2 is 2.17 bits per heavy atom. The highest BCUT2D eigenvalue weighted by Crippen LogP contribution is 2.18. The van der Waals surface area contributed by atoms with E-state index in [9.17, 15) is 14.9 Å². The molecule has 0 N–H and O–H groups in total. The third-order valence-corrected chi connectivity index (χ3v) is 2.90. The molecule has 1 fully saturated rings. The van der Waals surface area contributed by atoms with Crippen LogP contribution in [-0.2, 0) is 11.3 Å². The normalized spacial score (nSPS) is 18.7. The molecule has 1 unspecified atom stereocenters. The Morgan fingerprint density at radius 3 is 2.83 bits per heavy atom. The van der Waals surface area contributed by atoms with Gasteiger partial charge in [0.05, 0.1) is 0 Å². The van der Waals surface area contributed by atoms with Gasteiger partial charge in [0.25, 0.3) is 6.17 Å². The van der Waals surface area contributed by atoms with Crippen LogP contribution in [0.3, 0.4) is 0 Å². The Labute approximate surface area is 104 Å². The lowest BCUT2D eigenvalue weighted by molar-refractivity contribution is -0.541. The van der Waals surface area contributed by atoms with Crippen LogP contribution >= 0.6 is 0 Å². The summed E-state index contributed by atoms with van der Waals surface area (Å²) in [6.07, 6.45) is -0.509. The molecular weight excluding hydrogens is 236 g/mol. The van der Waals surface area contributed by atoms with Gasteiger partial charge in [-0.2, -0.15) is 0 Å². The van der Waals surface area contributed by atoms with Crippen molar-refractivity contribution >= 4 is 6.09 Å². The zero-order chi connectivity index (χ0) is 13.0. The Hall–Kier alpha value is -2.11. The first-order chi connectivity index (χ1) is 8.68. The van der Waals surface area contributed by atoms with Crippen molar-refractivity contribution in [2.24, 2.45) is 0 Å². The molecule has 1 aromatic rings. The fourth-order valence-electron chi connectivity index (χ4n) is 1.98. The van der Waals surface area contributed by atoms with Crippen molar-refractivity contribution < 1.29 is 14.5 Å². The minimum absolute atomic E-state index is 0.139. The van der Waals surface area contributed by atoms with Crippen molar-refractivity contribution in [1.29, 1.82) is 0 Å². The smallest absolute Gasteiger partial charge is 0.415 e. The van der Waals surface area contributed by atoms with E-state index in [0.29, 0.717) is 19.4 Å². The zero-order valence-corrected chi connectivity index (χ0v) is 9.82. The van der Waals surface area contributed by atoms with Crippen molar-refractivity contribution in [2.45, 2.75) is 25.6 Å². The lowest BCUT2D eigenvalue weighted by atomic mass is 10.2. The Bertz CT molecular complexity index is 435. The van der Waals surface area contributed by atoms with Crippen LogP contribution < -0.4 is 0 Å². The molecule has 18 heavy (non-hydrogen) atoms. The van der Waals surface area contributed by atoms with Gasteiger partial charge in [0.1, 0.15) is 6.61 Å². The SMILES string of the molecule is O=C(OCc1ccccc1)N1CCCC1[N+](=O)[O-]. The van der Waals surface area contributed by atoms with Crippen LogP contribution in [0.4, 0.5) is 4.79 Å². The van der Waals surface area contributed by atoms with Crippen molar-refractivity contribution in [2.75, 3.05) is 6.54 Å². The number of benzene rings is 1. The highest BCUT2D eigenvalue weighted by molar-refractivity contribution is 5.68. The predicted molar refractivity (Wildman–Crippen MR) is 63.3 cm³/mol. The van der Waals surface area contributed by atoms with Crippen molar-refractivity contribution in [3.8, 4) is 0 Å². The quantitative estimate of drug-likeness (QED) is 0.607. The first kappa shape index (κ1) is 12.3. The van der Waals surface area contributed by atoms with Crippen molar-refractivity contribution in [1.82, 2.24) is 4.90 Å². The maximum atomic E-state index is 11.7. The molecule has 2 rings (SSSR count). The summed E-state index contributed by atoms with van der Waals surface area (Å²) in [4.78, 5) is 23.2. The van der Waals surface area contributed by atoms with Gasteiger partial charge < -0.3 is 4.74 Å². The summed E-state index contributed by atoms with van der Waals surface area (Å²) in [7, 11) is 0. The number of nitrogens with zero attached hydrogens (tertiary/aromatic N) is 2. The Balaban J connectivity index is 1.90. The first-order valence-corrected chi connectivity index (χ1v) is 5.79. The lowest BCUT2D eigenvalue weighted by Gasteiger charge is -2.17. The van der Waals surface area contributed by atoms with E-state index in [2.05, 4.69) is 0 Å². The minimum atomic E-state index is -0.937. The van der Waals surface area contributed by atoms with E-state index < -0.39 is 17.2 Å². The number of ether oxygens (including phenoxy) is 1. The summed E-state index contributed by atoms with van der Waals surface area (Å²) in [5, 5.41) is 10.7. The fraction of sp³-hybridized carbons (Fsp3) is 0.417. The molecule has 0 aliphatic carbocycles. The van der Waals surface area contributed by atoms with E-state index in [4.69, 9.17) is 4.74 Å². The maximum Gasteiger partial charge on any atom is 0.415 e. The number of carbonyl (C=O) groups excluding carboxylic acids is 1. The number of hydrogen-bond acceptors (Lipinski definition) is 4. The van der Waals surface area contributed by atoms with Gasteiger partial charge in [-0.1, -0.05) is 30.3 Å². The summed E-state index contributed by atoms with van der Waals surface area (Å²) in [5.41, 5.74) is 0.864. The van der Waals surface area contributed by atoms with E-state index in [1.807, 2.05) is 30.3 Å². The average molecular weight is 250 g/mol. The zero-order valence-electron chi connectivity index (χ0n) is 9.82. The molecule has 1 aliphatic heterocycles. The first-order valence-electron chi connectivity index (χ1n) is 5.79. The maximum absolute atomic E-state index is 11.7. The summed E-state index contributed by atoms with van der Waals surface area (Å²) in [5.74, 6) is 0. The molecule has 1 heterocycles. The molecule has 0 radical (unpaired) electrons. The molecule has 96 valence electrons. The molecule has 6 nitrogen and oxygen atoms in total. The average Bonchev–Trinajstić information content (AvgIpc) is 2.86. The molecule has 0 saturated carbocycles. The van der Waals surface area contributed by atoms with E-state index in [-0.39, 0.29) is 6.61 Å². The minimum Gasteiger partial charge on any atom is -0.444 e. The van der Waals surface area contributed by atoms with Gasteiger partial charge in [0.15, 0.2) is 0 Å². The molecule has 1 aliphatic rings. The standard InChI is InChI=1S/C12H14N2O4/c15-12(13-8-4-7-11(13)14(16)17)18-9-10-5-2-1-3-6-10/h1-3,5-6,11H,4,7-9H2. The van der Waals surface area contributed by atoms with Gasteiger partial charge in [-0.05, 0) is 12.0 Å². The van der Waals surface area contributed by atoms with Gasteiger partial charge in [0, 0.05) is 17.9 Å². The van der Waals surface area contributed by atoms with E-state index in [1.54, 1.807) is 0 Å². The van der Waals surface area contributed by atoms with E-state index in [0.717, 1.165) is 5.56 Å². The molecule has 0 spiro atoms. The summed E-state index contributed by atoms with van der Waals surface area (Å²) < 4.78 is 5.07. The lowest BCUT2D eigenvalue weighted by Crippen LogP contribution is -2.40. The number of nitro groups is 1. The second kappa shape index (κ2) is 5.48. The predicted octanol–water partition coefficient (Wildman–Crippen LogP) is 2.02. The van der Waals surface area contributed by atoms with Crippen molar-refractivity contribution in [3.63, 3.8) is 0 Å². The van der Waals surface area contributed by atoms with Crippen LogP contribution in [0, 0.1) is 10.1 Å². The summed E-state index contributed by atoms with van der Waals surface area (Å²) >= 11 is 0. The van der Waals surface area contributed by atoms with Crippen LogP contribution in [0.25, 0.3) is 0 Å². The second-order valence-corrected chi connectivity index (χ2v) is 4.14. The van der Waals surface area contributed by atoms with Gasteiger partial charge in [0.2, 0.25) is 0 Å². The van der Waals surface area contributed by atoms with E-state index in [1.165, 1.54) is 4.90 Å². The fourth-order valence-corrected chi connectivity index (χ4v) is 1.98. The summed E-state index contributed by atoms with van der Waals surface area (Å²) in [6, 6.07) is 9.23. The van der Waals surface area contributed by atoms with Gasteiger partial charge in [-0.15, -0.1) is 0 Å². The molecular formula is C12H14N2O4. The van der Waals surface area contributed by atoms with Gasteiger partial charge in [-0.3, -0.25) is 10.1 Å².